The van der Waals surface area contributed by atoms with Gasteiger partial charge in [0.05, 0.1) is 11.4 Å². The maximum atomic E-state index is 12.1. The van der Waals surface area contributed by atoms with Crippen LogP contribution in [0.1, 0.15) is 32.3 Å². The minimum Gasteiger partial charge on any atom is -0.506 e. The van der Waals surface area contributed by atoms with E-state index in [9.17, 15) is 9.90 Å². The maximum absolute atomic E-state index is 12.1. The van der Waals surface area contributed by atoms with Crippen LogP contribution in [0.5, 0.6) is 5.75 Å². The largest absolute Gasteiger partial charge is 0.506 e. The minimum atomic E-state index is -0.458. The van der Waals surface area contributed by atoms with Gasteiger partial charge < -0.3 is 15.2 Å². The summed E-state index contributed by atoms with van der Waals surface area (Å²) >= 11 is 5.84. The molecule has 0 atom stereocenters. The Kier molecular flexibility index (Phi) is 5.12. The van der Waals surface area contributed by atoms with Crippen LogP contribution in [0, 0.1) is 5.92 Å². The van der Waals surface area contributed by atoms with E-state index in [0.29, 0.717) is 5.92 Å². The number of hydrogen-bond acceptors (Lipinski definition) is 4. The summed E-state index contributed by atoms with van der Waals surface area (Å²) in [5, 5.41) is 12.9. The number of esters is 1. The van der Waals surface area contributed by atoms with E-state index in [1.807, 2.05) is 13.8 Å². The van der Waals surface area contributed by atoms with Gasteiger partial charge in [0.2, 0.25) is 0 Å². The molecule has 5 heteroatoms. The van der Waals surface area contributed by atoms with Gasteiger partial charge in [-0.15, -0.1) is 0 Å². The van der Waals surface area contributed by atoms with Crippen molar-refractivity contribution in [2.24, 2.45) is 5.92 Å². The van der Waals surface area contributed by atoms with E-state index in [1.165, 1.54) is 6.07 Å². The second-order valence-electron chi connectivity index (χ2n) is 6.06. The Hall–Kier alpha value is -1.26. The van der Waals surface area contributed by atoms with Gasteiger partial charge in [-0.1, -0.05) is 17.7 Å². The monoisotopic (exact) mass is 311 g/mol. The summed E-state index contributed by atoms with van der Waals surface area (Å²) < 4.78 is 5.68. The molecule has 1 saturated heterocycles. The van der Waals surface area contributed by atoms with E-state index in [2.05, 4.69) is 5.32 Å². The van der Waals surface area contributed by atoms with Crippen molar-refractivity contribution in [2.45, 2.75) is 38.7 Å². The lowest BCUT2D eigenvalue weighted by Crippen LogP contribution is -2.43. The number of aromatic hydroxyl groups is 1. The molecule has 116 valence electrons. The third-order valence-corrected chi connectivity index (χ3v) is 4.36. The van der Waals surface area contributed by atoms with Crippen molar-refractivity contribution in [3.05, 3.63) is 28.8 Å². The molecule has 0 saturated carbocycles. The second-order valence-corrected chi connectivity index (χ2v) is 6.47. The molecule has 1 heterocycles. The molecule has 1 aliphatic rings. The Morgan fingerprint density at radius 3 is 2.71 bits per heavy atom. The molecule has 0 aromatic heterocycles. The Bertz CT molecular complexity index is 510. The molecule has 1 aromatic rings. The molecule has 0 aliphatic carbocycles. The number of phenols is 1. The molecule has 0 amide bonds. The Balaban J connectivity index is 1.95. The third-order valence-electron chi connectivity index (χ3n) is 4.06. The van der Waals surface area contributed by atoms with Crippen LogP contribution >= 0.6 is 11.6 Å². The third kappa shape index (κ3) is 4.35. The standard InChI is InChI=1S/C16H22ClNO3/c1-16(2,12-5-7-18-8-6-12)21-15(20)10-11-3-4-14(19)13(17)9-11/h3-4,9,12,18-19H,5-8,10H2,1-2H3. The number of rotatable bonds is 4. The van der Waals surface area contributed by atoms with Gasteiger partial charge >= 0.3 is 5.97 Å². The van der Waals surface area contributed by atoms with E-state index in [0.717, 1.165) is 31.5 Å². The molecule has 1 aromatic carbocycles. The van der Waals surface area contributed by atoms with Gasteiger partial charge in [-0.25, -0.2) is 0 Å². The van der Waals surface area contributed by atoms with Crippen LogP contribution in [-0.2, 0) is 16.0 Å². The lowest BCUT2D eigenvalue weighted by molar-refractivity contribution is -0.161. The van der Waals surface area contributed by atoms with Gasteiger partial charge in [0.15, 0.2) is 0 Å². The molecule has 0 bridgehead atoms. The number of ether oxygens (including phenoxy) is 1. The van der Waals surface area contributed by atoms with E-state index in [-0.39, 0.29) is 23.2 Å². The van der Waals surface area contributed by atoms with Crippen molar-refractivity contribution in [3.8, 4) is 5.75 Å². The molecule has 0 unspecified atom stereocenters. The zero-order valence-corrected chi connectivity index (χ0v) is 13.2. The lowest BCUT2D eigenvalue weighted by Gasteiger charge is -2.36. The number of benzene rings is 1. The molecular weight excluding hydrogens is 290 g/mol. The fraction of sp³-hybridized carbons (Fsp3) is 0.562. The van der Waals surface area contributed by atoms with Crippen molar-refractivity contribution in [2.75, 3.05) is 13.1 Å². The maximum Gasteiger partial charge on any atom is 0.310 e. The summed E-state index contributed by atoms with van der Waals surface area (Å²) in [6.45, 7) is 5.90. The van der Waals surface area contributed by atoms with Gasteiger partial charge in [-0.05, 0) is 57.5 Å². The summed E-state index contributed by atoms with van der Waals surface area (Å²) in [5.41, 5.74) is 0.281. The molecule has 21 heavy (non-hydrogen) atoms. The Labute approximate surface area is 130 Å². The van der Waals surface area contributed by atoms with E-state index < -0.39 is 5.60 Å². The highest BCUT2D eigenvalue weighted by molar-refractivity contribution is 6.32. The summed E-state index contributed by atoms with van der Waals surface area (Å²) in [5.74, 6) is 0.134. The first-order chi connectivity index (χ1) is 9.88. The SMILES string of the molecule is CC(C)(OC(=O)Cc1ccc(O)c(Cl)c1)C1CCNCC1. The highest BCUT2D eigenvalue weighted by Crippen LogP contribution is 2.30. The molecule has 0 spiro atoms. The van der Waals surface area contributed by atoms with E-state index in [4.69, 9.17) is 16.3 Å². The number of piperidine rings is 1. The lowest BCUT2D eigenvalue weighted by atomic mass is 9.83. The van der Waals surface area contributed by atoms with Gasteiger partial charge in [0, 0.05) is 5.92 Å². The zero-order valence-electron chi connectivity index (χ0n) is 12.5. The van der Waals surface area contributed by atoms with Crippen molar-refractivity contribution in [3.63, 3.8) is 0 Å². The fourth-order valence-corrected chi connectivity index (χ4v) is 2.96. The highest BCUT2D eigenvalue weighted by Gasteiger charge is 2.34. The topological polar surface area (TPSA) is 58.6 Å². The van der Waals surface area contributed by atoms with Crippen LogP contribution in [0.15, 0.2) is 18.2 Å². The van der Waals surface area contributed by atoms with Crippen molar-refractivity contribution in [1.82, 2.24) is 5.32 Å². The number of hydrogen-bond donors (Lipinski definition) is 2. The van der Waals surface area contributed by atoms with Crippen molar-refractivity contribution >= 4 is 17.6 Å². The summed E-state index contributed by atoms with van der Waals surface area (Å²) in [6, 6.07) is 4.76. The van der Waals surface area contributed by atoms with Gasteiger partial charge in [0.1, 0.15) is 11.4 Å². The van der Waals surface area contributed by atoms with Crippen LogP contribution in [0.3, 0.4) is 0 Å². The predicted molar refractivity (Wildman–Crippen MR) is 82.6 cm³/mol. The first-order valence-corrected chi connectivity index (χ1v) is 7.66. The minimum absolute atomic E-state index is 0.0174. The van der Waals surface area contributed by atoms with Crippen LogP contribution in [-0.4, -0.2) is 29.8 Å². The molecule has 2 rings (SSSR count). The Morgan fingerprint density at radius 2 is 2.10 bits per heavy atom. The molecule has 0 radical (unpaired) electrons. The molecule has 4 nitrogen and oxygen atoms in total. The summed E-state index contributed by atoms with van der Waals surface area (Å²) in [4.78, 5) is 12.1. The molecule has 1 fully saturated rings. The summed E-state index contributed by atoms with van der Waals surface area (Å²) in [6.07, 6.45) is 2.20. The Morgan fingerprint density at radius 1 is 1.43 bits per heavy atom. The van der Waals surface area contributed by atoms with Crippen LogP contribution in [0.2, 0.25) is 5.02 Å². The second kappa shape index (κ2) is 6.67. The van der Waals surface area contributed by atoms with Crippen LogP contribution in [0.25, 0.3) is 0 Å². The van der Waals surface area contributed by atoms with Gasteiger partial charge in [-0.2, -0.15) is 0 Å². The van der Waals surface area contributed by atoms with E-state index >= 15 is 0 Å². The van der Waals surface area contributed by atoms with Gasteiger partial charge in [-0.3, -0.25) is 4.79 Å². The average molecular weight is 312 g/mol. The first kappa shape index (κ1) is 16.1. The number of phenolic OH excluding ortho intramolecular Hbond substituents is 1. The van der Waals surface area contributed by atoms with Crippen LogP contribution in [0.4, 0.5) is 0 Å². The first-order valence-electron chi connectivity index (χ1n) is 7.28. The summed E-state index contributed by atoms with van der Waals surface area (Å²) in [7, 11) is 0. The zero-order chi connectivity index (χ0) is 15.5. The van der Waals surface area contributed by atoms with Crippen LogP contribution < -0.4 is 5.32 Å². The molecule has 2 N–H and O–H groups in total. The quantitative estimate of drug-likeness (QED) is 0.839. The normalized spacial score (nSPS) is 16.7. The number of carbonyl (C=O) groups is 1. The van der Waals surface area contributed by atoms with E-state index in [1.54, 1.807) is 12.1 Å². The smallest absolute Gasteiger partial charge is 0.310 e. The number of nitrogens with one attached hydrogen (secondary N) is 1. The molecular formula is C16H22ClNO3. The number of carbonyl (C=O) groups excluding carboxylic acids is 1. The van der Waals surface area contributed by atoms with Crippen molar-refractivity contribution < 1.29 is 14.6 Å². The predicted octanol–water partition coefficient (Wildman–Crippen LogP) is 2.91. The number of halogens is 1. The fourth-order valence-electron chi connectivity index (χ4n) is 2.76. The molecule has 1 aliphatic heterocycles. The highest BCUT2D eigenvalue weighted by atomic mass is 35.5. The van der Waals surface area contributed by atoms with Gasteiger partial charge in [0.25, 0.3) is 0 Å². The van der Waals surface area contributed by atoms with Crippen molar-refractivity contribution in [1.29, 1.82) is 0 Å². The average Bonchev–Trinajstić information content (AvgIpc) is 2.43.